The van der Waals surface area contributed by atoms with Gasteiger partial charge in [-0.05, 0) is 61.8 Å². The van der Waals surface area contributed by atoms with Crippen LogP contribution < -0.4 is 5.32 Å². The molecule has 3 amide bonds. The number of rotatable bonds is 6. The molecule has 0 saturated carbocycles. The highest BCUT2D eigenvalue weighted by atomic mass is 35.5. The minimum Gasteiger partial charge on any atom is -0.351 e. The van der Waals surface area contributed by atoms with Crippen LogP contribution in [0.4, 0.5) is 4.39 Å². The van der Waals surface area contributed by atoms with E-state index < -0.39 is 17.6 Å². The van der Waals surface area contributed by atoms with Crippen molar-refractivity contribution in [3.63, 3.8) is 0 Å². The van der Waals surface area contributed by atoms with E-state index in [1.165, 1.54) is 49.6 Å². The van der Waals surface area contributed by atoms with Gasteiger partial charge in [-0.25, -0.2) is 4.39 Å². The molecule has 1 N–H and O–H groups in total. The number of likely N-dealkylation sites (tertiary alicyclic amines) is 1. The molecule has 0 unspecified atom stereocenters. The van der Waals surface area contributed by atoms with E-state index in [1.807, 2.05) is 0 Å². The quantitative estimate of drug-likeness (QED) is 0.693. The number of hydrogen-bond acceptors (Lipinski definition) is 4. The Morgan fingerprint density at radius 2 is 1.71 bits per heavy atom. The molecule has 1 saturated heterocycles. The molecular formula is C23H25ClFN3O3. The lowest BCUT2D eigenvalue weighted by Gasteiger charge is -2.26. The minimum atomic E-state index is -0.470. The molecule has 6 nitrogen and oxygen atoms in total. The molecule has 0 aromatic heterocycles. The largest absolute Gasteiger partial charge is 0.351 e. The summed E-state index contributed by atoms with van der Waals surface area (Å²) in [5.41, 5.74) is 1.35. The Morgan fingerprint density at radius 3 is 2.45 bits per heavy atom. The molecule has 164 valence electrons. The van der Waals surface area contributed by atoms with Crippen molar-refractivity contribution in [3.05, 3.63) is 70.5 Å². The van der Waals surface area contributed by atoms with E-state index in [9.17, 15) is 18.8 Å². The second-order valence-electron chi connectivity index (χ2n) is 7.74. The third-order valence-corrected chi connectivity index (χ3v) is 5.62. The fourth-order valence-electron chi connectivity index (χ4n) is 4.01. The third kappa shape index (κ3) is 5.11. The second-order valence-corrected chi connectivity index (χ2v) is 7.74. The summed E-state index contributed by atoms with van der Waals surface area (Å²) in [6.07, 6.45) is 3.66. The average Bonchev–Trinajstić information content (AvgIpc) is 2.99. The van der Waals surface area contributed by atoms with Gasteiger partial charge in [0.25, 0.3) is 17.7 Å². The molecule has 31 heavy (non-hydrogen) atoms. The number of piperidine rings is 1. The number of carbonyl (C=O) groups excluding carboxylic acids is 3. The zero-order valence-electron chi connectivity index (χ0n) is 17.1. The van der Waals surface area contributed by atoms with Gasteiger partial charge in [-0.3, -0.25) is 19.3 Å². The number of carbonyl (C=O) groups is 3. The molecule has 2 heterocycles. The highest BCUT2D eigenvalue weighted by Gasteiger charge is 2.36. The van der Waals surface area contributed by atoms with Crippen molar-refractivity contribution in [2.24, 2.45) is 0 Å². The molecule has 2 aromatic rings. The Balaban J connectivity index is 0.00000272. The lowest BCUT2D eigenvalue weighted by Crippen LogP contribution is -2.37. The van der Waals surface area contributed by atoms with Gasteiger partial charge in [-0.1, -0.05) is 18.6 Å². The van der Waals surface area contributed by atoms with Gasteiger partial charge in [-0.2, -0.15) is 0 Å². The molecule has 2 aromatic carbocycles. The van der Waals surface area contributed by atoms with Crippen molar-refractivity contribution in [1.82, 2.24) is 15.1 Å². The van der Waals surface area contributed by atoms with Crippen molar-refractivity contribution in [2.75, 3.05) is 26.2 Å². The molecule has 0 bridgehead atoms. The van der Waals surface area contributed by atoms with E-state index in [0.717, 1.165) is 24.5 Å². The maximum absolute atomic E-state index is 13.4. The number of amides is 3. The molecule has 4 rings (SSSR count). The molecule has 0 radical (unpaired) electrons. The van der Waals surface area contributed by atoms with Crippen LogP contribution in [0.3, 0.4) is 0 Å². The Morgan fingerprint density at radius 1 is 0.968 bits per heavy atom. The van der Waals surface area contributed by atoms with Gasteiger partial charge in [-0.15, -0.1) is 12.4 Å². The third-order valence-electron chi connectivity index (χ3n) is 5.62. The summed E-state index contributed by atoms with van der Waals surface area (Å²) in [6.45, 7) is 3.45. The van der Waals surface area contributed by atoms with Gasteiger partial charge in [0.2, 0.25) is 0 Å². The lowest BCUT2D eigenvalue weighted by molar-refractivity contribution is 0.0642. The van der Waals surface area contributed by atoms with Crippen LogP contribution in [0, 0.1) is 5.82 Å². The Bertz CT molecular complexity index is 992. The van der Waals surface area contributed by atoms with Crippen molar-refractivity contribution in [2.45, 2.75) is 25.8 Å². The Kier molecular flexibility index (Phi) is 7.41. The van der Waals surface area contributed by atoms with Crippen molar-refractivity contribution < 1.29 is 18.8 Å². The van der Waals surface area contributed by atoms with Crippen LogP contribution in [0.25, 0.3) is 0 Å². The Hall–Kier alpha value is -2.77. The van der Waals surface area contributed by atoms with E-state index >= 15 is 0 Å². The van der Waals surface area contributed by atoms with Crippen LogP contribution in [-0.2, 0) is 6.54 Å². The van der Waals surface area contributed by atoms with Crippen molar-refractivity contribution in [1.29, 1.82) is 0 Å². The summed E-state index contributed by atoms with van der Waals surface area (Å²) >= 11 is 0. The number of hydrogen-bond donors (Lipinski definition) is 1. The van der Waals surface area contributed by atoms with Crippen molar-refractivity contribution in [3.8, 4) is 0 Å². The number of halogens is 2. The molecule has 0 aliphatic carbocycles. The van der Waals surface area contributed by atoms with E-state index in [-0.39, 0.29) is 36.0 Å². The van der Waals surface area contributed by atoms with Crippen LogP contribution >= 0.6 is 12.4 Å². The lowest BCUT2D eigenvalue weighted by atomic mass is 10.1. The highest BCUT2D eigenvalue weighted by molar-refractivity contribution is 6.22. The maximum Gasteiger partial charge on any atom is 0.261 e. The van der Waals surface area contributed by atoms with Gasteiger partial charge in [0, 0.05) is 18.7 Å². The molecule has 0 spiro atoms. The maximum atomic E-state index is 13.4. The van der Waals surface area contributed by atoms with Gasteiger partial charge in [0.1, 0.15) is 5.82 Å². The van der Waals surface area contributed by atoms with Gasteiger partial charge in [0.15, 0.2) is 0 Å². The number of benzene rings is 2. The highest BCUT2D eigenvalue weighted by Crippen LogP contribution is 2.26. The smallest absolute Gasteiger partial charge is 0.261 e. The van der Waals surface area contributed by atoms with E-state index in [2.05, 4.69) is 10.2 Å². The fraction of sp³-hybridized carbons (Fsp3) is 0.348. The standard InChI is InChI=1S/C23H24FN3O3.ClH/c24-18-6-4-5-16(13-18)15-27-22(29)19-8-7-17(14-20(19)23(27)30)21(28)25-9-12-26-10-2-1-3-11-26;/h4-8,13-14H,1-3,9-12,15H2,(H,25,28);1H. The molecule has 1 fully saturated rings. The zero-order valence-corrected chi connectivity index (χ0v) is 17.9. The van der Waals surface area contributed by atoms with Crippen LogP contribution in [-0.4, -0.2) is 53.7 Å². The summed E-state index contributed by atoms with van der Waals surface area (Å²) in [5, 5.41) is 2.89. The minimum absolute atomic E-state index is 0. The van der Waals surface area contributed by atoms with Crippen LogP contribution in [0.5, 0.6) is 0 Å². The Labute approximate surface area is 186 Å². The van der Waals surface area contributed by atoms with E-state index in [4.69, 9.17) is 0 Å². The number of nitrogens with one attached hydrogen (secondary N) is 1. The molecule has 2 aliphatic heterocycles. The topological polar surface area (TPSA) is 69.7 Å². The normalized spacial score (nSPS) is 16.1. The van der Waals surface area contributed by atoms with Crippen LogP contribution in [0.2, 0.25) is 0 Å². The monoisotopic (exact) mass is 445 g/mol. The first-order valence-electron chi connectivity index (χ1n) is 10.3. The summed E-state index contributed by atoms with van der Waals surface area (Å²) in [4.78, 5) is 41.3. The van der Waals surface area contributed by atoms with Gasteiger partial charge in [0.05, 0.1) is 17.7 Å². The van der Waals surface area contributed by atoms with Crippen LogP contribution in [0.15, 0.2) is 42.5 Å². The number of nitrogens with zero attached hydrogens (tertiary/aromatic N) is 2. The summed E-state index contributed by atoms with van der Waals surface area (Å²) < 4.78 is 13.4. The first-order chi connectivity index (χ1) is 14.5. The fourth-order valence-corrected chi connectivity index (χ4v) is 4.01. The molecule has 2 aliphatic rings. The summed E-state index contributed by atoms with van der Waals surface area (Å²) in [5.74, 6) is -1.59. The predicted molar refractivity (Wildman–Crippen MR) is 117 cm³/mol. The SMILES string of the molecule is Cl.O=C(NCCN1CCCCC1)c1ccc2c(c1)C(=O)N(Cc1cccc(F)c1)C2=O. The molecule has 0 atom stereocenters. The number of fused-ring (bicyclic) bond motifs is 1. The zero-order chi connectivity index (χ0) is 21.1. The first kappa shape index (κ1) is 22.9. The molecular weight excluding hydrogens is 421 g/mol. The molecule has 8 heteroatoms. The second kappa shape index (κ2) is 10.0. The average molecular weight is 446 g/mol. The van der Waals surface area contributed by atoms with E-state index in [1.54, 1.807) is 12.1 Å². The van der Waals surface area contributed by atoms with Gasteiger partial charge >= 0.3 is 0 Å². The van der Waals surface area contributed by atoms with Gasteiger partial charge < -0.3 is 10.2 Å². The van der Waals surface area contributed by atoms with E-state index in [0.29, 0.717) is 17.7 Å². The number of imide groups is 1. The predicted octanol–water partition coefficient (Wildman–Crippen LogP) is 3.26. The summed E-state index contributed by atoms with van der Waals surface area (Å²) in [7, 11) is 0. The summed E-state index contributed by atoms with van der Waals surface area (Å²) in [6, 6.07) is 10.3. The first-order valence-corrected chi connectivity index (χ1v) is 10.3. The van der Waals surface area contributed by atoms with Crippen molar-refractivity contribution >= 4 is 30.1 Å². The van der Waals surface area contributed by atoms with Crippen LogP contribution in [0.1, 0.15) is 55.9 Å².